The van der Waals surface area contributed by atoms with Crippen molar-refractivity contribution < 1.29 is 0 Å². The predicted octanol–water partition coefficient (Wildman–Crippen LogP) is 2.21. The van der Waals surface area contributed by atoms with Crippen LogP contribution in [0, 0.1) is 11.3 Å². The van der Waals surface area contributed by atoms with Gasteiger partial charge in [0.15, 0.2) is 0 Å². The van der Waals surface area contributed by atoms with Crippen LogP contribution in [0.3, 0.4) is 0 Å². The van der Waals surface area contributed by atoms with E-state index in [0.29, 0.717) is 11.7 Å². The maximum absolute atomic E-state index is 8.54. The molecule has 3 nitrogen and oxygen atoms in total. The zero-order valence-electron chi connectivity index (χ0n) is 6.74. The van der Waals surface area contributed by atoms with Crippen molar-refractivity contribution in [2.75, 3.05) is 0 Å². The van der Waals surface area contributed by atoms with E-state index >= 15 is 0 Å². The van der Waals surface area contributed by atoms with Gasteiger partial charge in [-0.3, -0.25) is 0 Å². The van der Waals surface area contributed by atoms with Crippen LogP contribution < -0.4 is 0 Å². The van der Waals surface area contributed by atoms with Crippen molar-refractivity contribution in [2.24, 2.45) is 0 Å². The molecule has 2 aromatic heterocycles. The molecule has 0 aliphatic carbocycles. The lowest BCUT2D eigenvalue weighted by molar-refractivity contribution is 0.861. The average Bonchev–Trinajstić information content (AvgIpc) is 2.49. The van der Waals surface area contributed by atoms with Crippen LogP contribution in [0.5, 0.6) is 0 Å². The first-order valence-electron chi connectivity index (χ1n) is 3.79. The Hall–Kier alpha value is -1.53. The second kappa shape index (κ2) is 3.08. The summed E-state index contributed by atoms with van der Waals surface area (Å²) in [7, 11) is 0. The highest BCUT2D eigenvalue weighted by Gasteiger charge is 2.01. The molecule has 0 radical (unpaired) electrons. The van der Waals surface area contributed by atoms with Gasteiger partial charge in [-0.2, -0.15) is 5.26 Å². The lowest BCUT2D eigenvalue weighted by Crippen LogP contribution is -1.94. The maximum Gasteiger partial charge on any atom is 0.142 e. The van der Waals surface area contributed by atoms with Gasteiger partial charge < -0.3 is 4.57 Å². The van der Waals surface area contributed by atoms with Crippen molar-refractivity contribution in [3.63, 3.8) is 0 Å². The van der Waals surface area contributed by atoms with Crippen LogP contribution in [0.1, 0.15) is 0 Å². The Morgan fingerprint density at radius 1 is 1.46 bits per heavy atom. The first-order chi connectivity index (χ1) is 6.31. The lowest BCUT2D eigenvalue weighted by Gasteiger charge is -1.97. The summed E-state index contributed by atoms with van der Waals surface area (Å²) in [5, 5.41) is 9.98. The molecule has 0 amide bonds. The van der Waals surface area contributed by atoms with Crippen LogP contribution in [-0.4, -0.2) is 9.55 Å². The number of nitriles is 1. The fourth-order valence-corrected chi connectivity index (χ4v) is 1.38. The third kappa shape index (κ3) is 1.36. The van der Waals surface area contributed by atoms with Gasteiger partial charge in [-0.25, -0.2) is 4.98 Å². The van der Waals surface area contributed by atoms with Crippen molar-refractivity contribution in [3.8, 4) is 6.07 Å². The molecule has 0 aliphatic heterocycles. The molecule has 0 fully saturated rings. The van der Waals surface area contributed by atoms with Crippen LogP contribution in [0.2, 0.25) is 5.15 Å². The van der Waals surface area contributed by atoms with Crippen molar-refractivity contribution in [1.82, 2.24) is 9.55 Å². The highest BCUT2D eigenvalue weighted by Crippen LogP contribution is 2.16. The molecular weight excluding hydrogens is 186 g/mol. The highest BCUT2D eigenvalue weighted by atomic mass is 35.5. The summed E-state index contributed by atoms with van der Waals surface area (Å²) in [6.45, 7) is 0.302. The van der Waals surface area contributed by atoms with Gasteiger partial charge in [0.25, 0.3) is 0 Å². The summed E-state index contributed by atoms with van der Waals surface area (Å²) >= 11 is 5.74. The number of aromatic nitrogens is 2. The second-order valence-electron chi connectivity index (χ2n) is 2.65. The predicted molar refractivity (Wildman–Crippen MR) is 50.4 cm³/mol. The summed E-state index contributed by atoms with van der Waals surface area (Å²) in [6.07, 6.45) is 1.83. The molecule has 0 atom stereocenters. The third-order valence-corrected chi connectivity index (χ3v) is 2.03. The Balaban J connectivity index is 2.66. The van der Waals surface area contributed by atoms with E-state index in [9.17, 15) is 0 Å². The summed E-state index contributed by atoms with van der Waals surface area (Å²) in [5.41, 5.74) is 0.758. The molecule has 0 saturated carbocycles. The Labute approximate surface area is 80.2 Å². The minimum Gasteiger partial charge on any atom is -0.319 e. The van der Waals surface area contributed by atoms with Crippen LogP contribution in [-0.2, 0) is 6.54 Å². The molecule has 2 aromatic rings. The van der Waals surface area contributed by atoms with Gasteiger partial charge >= 0.3 is 0 Å². The topological polar surface area (TPSA) is 41.6 Å². The Morgan fingerprint density at radius 3 is 3.08 bits per heavy atom. The van der Waals surface area contributed by atoms with E-state index in [1.165, 1.54) is 0 Å². The normalized spacial score (nSPS) is 10.2. The molecule has 0 N–H and O–H groups in total. The molecule has 13 heavy (non-hydrogen) atoms. The highest BCUT2D eigenvalue weighted by molar-refractivity contribution is 6.29. The number of rotatable bonds is 1. The quantitative estimate of drug-likeness (QED) is 0.649. The third-order valence-electron chi connectivity index (χ3n) is 1.82. The number of nitrogens with zero attached hydrogens (tertiary/aromatic N) is 3. The van der Waals surface area contributed by atoms with Crippen molar-refractivity contribution in [2.45, 2.75) is 6.54 Å². The van der Waals surface area contributed by atoms with Gasteiger partial charge in [0.05, 0.1) is 6.07 Å². The van der Waals surface area contributed by atoms with Gasteiger partial charge in [0.2, 0.25) is 0 Å². The fourth-order valence-electron chi connectivity index (χ4n) is 1.24. The van der Waals surface area contributed by atoms with E-state index in [0.717, 1.165) is 11.0 Å². The van der Waals surface area contributed by atoms with Gasteiger partial charge in [-0.05, 0) is 18.2 Å². The molecule has 0 aromatic carbocycles. The summed E-state index contributed by atoms with van der Waals surface area (Å²) in [5.74, 6) is 0. The van der Waals surface area contributed by atoms with Crippen LogP contribution >= 0.6 is 11.6 Å². The molecule has 64 valence electrons. The standard InChI is InChI=1S/C9H6ClN3/c10-8-2-1-7-3-5-13(6-4-11)9(7)12-8/h1-3,5H,6H2. The molecule has 4 heteroatoms. The monoisotopic (exact) mass is 191 g/mol. The van der Waals surface area contributed by atoms with Gasteiger partial charge in [0.1, 0.15) is 17.3 Å². The summed E-state index contributed by atoms with van der Waals surface area (Å²) in [6, 6.07) is 7.60. The molecule has 0 spiro atoms. The molecular formula is C9H6ClN3. The van der Waals surface area contributed by atoms with E-state index in [-0.39, 0.29) is 0 Å². The molecule has 0 bridgehead atoms. The maximum atomic E-state index is 8.54. The number of halogens is 1. The first-order valence-corrected chi connectivity index (χ1v) is 4.17. The SMILES string of the molecule is N#CCn1ccc2ccc(Cl)nc21. The minimum absolute atomic E-state index is 0.302. The van der Waals surface area contributed by atoms with Crippen LogP contribution in [0.25, 0.3) is 11.0 Å². The van der Waals surface area contributed by atoms with Crippen molar-refractivity contribution >= 4 is 22.6 Å². The number of hydrogen-bond acceptors (Lipinski definition) is 2. The number of pyridine rings is 1. The average molecular weight is 192 g/mol. The Bertz CT molecular complexity index is 481. The van der Waals surface area contributed by atoms with E-state index < -0.39 is 0 Å². The van der Waals surface area contributed by atoms with E-state index in [2.05, 4.69) is 11.1 Å². The van der Waals surface area contributed by atoms with Gasteiger partial charge in [-0.15, -0.1) is 0 Å². The zero-order valence-corrected chi connectivity index (χ0v) is 7.49. The molecule has 0 unspecified atom stereocenters. The Kier molecular flexibility index (Phi) is 1.91. The van der Waals surface area contributed by atoms with Crippen LogP contribution in [0.15, 0.2) is 24.4 Å². The fraction of sp³-hybridized carbons (Fsp3) is 0.111. The summed E-state index contributed by atoms with van der Waals surface area (Å²) in [4.78, 5) is 4.13. The molecule has 0 saturated heterocycles. The van der Waals surface area contributed by atoms with E-state index in [1.807, 2.05) is 18.3 Å². The minimum atomic E-state index is 0.302. The molecule has 0 aliphatic rings. The first kappa shape index (κ1) is 8.09. The summed E-state index contributed by atoms with van der Waals surface area (Å²) < 4.78 is 1.77. The lowest BCUT2D eigenvalue weighted by atomic mass is 10.3. The second-order valence-corrected chi connectivity index (χ2v) is 3.04. The Morgan fingerprint density at radius 2 is 2.31 bits per heavy atom. The van der Waals surface area contributed by atoms with E-state index in [1.54, 1.807) is 10.6 Å². The van der Waals surface area contributed by atoms with Crippen LogP contribution in [0.4, 0.5) is 0 Å². The van der Waals surface area contributed by atoms with E-state index in [4.69, 9.17) is 16.9 Å². The number of fused-ring (bicyclic) bond motifs is 1. The van der Waals surface area contributed by atoms with Gasteiger partial charge in [-0.1, -0.05) is 11.6 Å². The van der Waals surface area contributed by atoms with Crippen molar-refractivity contribution in [1.29, 1.82) is 5.26 Å². The smallest absolute Gasteiger partial charge is 0.142 e. The largest absolute Gasteiger partial charge is 0.319 e. The molecule has 2 heterocycles. The van der Waals surface area contributed by atoms with Gasteiger partial charge in [0, 0.05) is 11.6 Å². The zero-order chi connectivity index (χ0) is 9.26. The molecule has 2 rings (SSSR count). The van der Waals surface area contributed by atoms with Crippen molar-refractivity contribution in [3.05, 3.63) is 29.5 Å². The number of hydrogen-bond donors (Lipinski definition) is 0.